The number of esters is 1. The van der Waals surface area contributed by atoms with Crippen molar-refractivity contribution >= 4 is 38.1 Å². The van der Waals surface area contributed by atoms with Gasteiger partial charge in [0.15, 0.2) is 0 Å². The van der Waals surface area contributed by atoms with Crippen molar-refractivity contribution in [3.8, 4) is 0 Å². The highest BCUT2D eigenvalue weighted by atomic mass is 32.2. The third-order valence-corrected chi connectivity index (χ3v) is 4.22. The maximum atomic E-state index is 11.7. The number of ether oxygens (including phenoxy) is 1. The molecule has 1 rings (SSSR count). The van der Waals surface area contributed by atoms with Crippen LogP contribution in [0.3, 0.4) is 0 Å². The summed E-state index contributed by atoms with van der Waals surface area (Å²) in [6.45, 7) is 3.75. The normalized spacial score (nSPS) is 11.2. The topological polar surface area (TPSA) is 89.5 Å². The molecule has 0 fully saturated rings. The number of hydrogen-bond acceptors (Lipinski definition) is 6. The Morgan fingerprint density at radius 1 is 1.40 bits per heavy atom. The SMILES string of the molecule is CCOC(=O)c1cc(C)sc1NC(=O)CCS(C)(=O)=O. The number of amides is 1. The summed E-state index contributed by atoms with van der Waals surface area (Å²) in [6.07, 6.45) is 0.928. The molecule has 20 heavy (non-hydrogen) atoms. The van der Waals surface area contributed by atoms with E-state index in [0.717, 1.165) is 11.1 Å². The summed E-state index contributed by atoms with van der Waals surface area (Å²) in [4.78, 5) is 24.2. The first-order valence-electron chi connectivity index (χ1n) is 5.98. The molecule has 0 spiro atoms. The average molecular weight is 319 g/mol. The quantitative estimate of drug-likeness (QED) is 0.805. The van der Waals surface area contributed by atoms with E-state index in [0.29, 0.717) is 10.6 Å². The summed E-state index contributed by atoms with van der Waals surface area (Å²) in [5.41, 5.74) is 0.294. The van der Waals surface area contributed by atoms with Crippen LogP contribution in [-0.4, -0.2) is 38.9 Å². The van der Waals surface area contributed by atoms with E-state index >= 15 is 0 Å². The molecule has 1 aromatic rings. The first-order chi connectivity index (χ1) is 9.23. The lowest BCUT2D eigenvalue weighted by Gasteiger charge is -2.05. The van der Waals surface area contributed by atoms with E-state index in [1.807, 2.05) is 0 Å². The Morgan fingerprint density at radius 2 is 2.05 bits per heavy atom. The van der Waals surface area contributed by atoms with Crippen molar-refractivity contribution in [1.82, 2.24) is 0 Å². The second-order valence-corrected chi connectivity index (χ2v) is 7.76. The molecule has 1 amide bonds. The van der Waals surface area contributed by atoms with Gasteiger partial charge in [-0.15, -0.1) is 11.3 Å². The van der Waals surface area contributed by atoms with Gasteiger partial charge in [-0.05, 0) is 19.9 Å². The minimum atomic E-state index is -3.19. The zero-order chi connectivity index (χ0) is 15.3. The van der Waals surface area contributed by atoms with Crippen LogP contribution in [0.1, 0.15) is 28.6 Å². The van der Waals surface area contributed by atoms with Gasteiger partial charge in [0.1, 0.15) is 14.8 Å². The van der Waals surface area contributed by atoms with Crippen LogP contribution >= 0.6 is 11.3 Å². The molecule has 0 aliphatic heterocycles. The standard InChI is InChI=1S/C12H17NO5S2/c1-4-18-12(15)9-7-8(2)19-11(9)13-10(14)5-6-20(3,16)17/h7H,4-6H2,1-3H3,(H,13,14). The van der Waals surface area contributed by atoms with E-state index in [-0.39, 0.29) is 18.8 Å². The van der Waals surface area contributed by atoms with Crippen molar-refractivity contribution in [1.29, 1.82) is 0 Å². The van der Waals surface area contributed by atoms with Gasteiger partial charge < -0.3 is 10.1 Å². The summed E-state index contributed by atoms with van der Waals surface area (Å²) >= 11 is 1.25. The van der Waals surface area contributed by atoms with Crippen LogP contribution in [0.2, 0.25) is 0 Å². The summed E-state index contributed by atoms with van der Waals surface area (Å²) in [5, 5.41) is 2.95. The largest absolute Gasteiger partial charge is 0.462 e. The van der Waals surface area contributed by atoms with Crippen LogP contribution in [0.5, 0.6) is 0 Å². The van der Waals surface area contributed by atoms with Crippen LogP contribution < -0.4 is 5.32 Å². The van der Waals surface area contributed by atoms with E-state index < -0.39 is 21.7 Å². The van der Waals surface area contributed by atoms with Gasteiger partial charge in [0.2, 0.25) is 5.91 Å². The van der Waals surface area contributed by atoms with Gasteiger partial charge in [0.05, 0.1) is 17.9 Å². The highest BCUT2D eigenvalue weighted by Crippen LogP contribution is 2.28. The highest BCUT2D eigenvalue weighted by Gasteiger charge is 2.18. The summed E-state index contributed by atoms with van der Waals surface area (Å²) in [5.74, 6) is -1.17. The number of anilines is 1. The van der Waals surface area contributed by atoms with Gasteiger partial charge in [-0.3, -0.25) is 4.79 Å². The Kier molecular flexibility index (Phi) is 5.70. The fourth-order valence-corrected chi connectivity index (χ4v) is 2.91. The number of carbonyl (C=O) groups excluding carboxylic acids is 2. The summed E-state index contributed by atoms with van der Waals surface area (Å²) in [7, 11) is -3.19. The zero-order valence-electron chi connectivity index (χ0n) is 11.6. The molecule has 1 heterocycles. The molecule has 0 saturated heterocycles. The van der Waals surface area contributed by atoms with Gasteiger partial charge in [0, 0.05) is 17.6 Å². The summed E-state index contributed by atoms with van der Waals surface area (Å²) < 4.78 is 26.9. The van der Waals surface area contributed by atoms with Gasteiger partial charge in [-0.25, -0.2) is 13.2 Å². The van der Waals surface area contributed by atoms with Crippen molar-refractivity contribution in [3.05, 3.63) is 16.5 Å². The second kappa shape index (κ2) is 6.85. The number of aryl methyl sites for hydroxylation is 1. The van der Waals surface area contributed by atoms with Gasteiger partial charge in [-0.2, -0.15) is 0 Å². The number of hydrogen-bond donors (Lipinski definition) is 1. The monoisotopic (exact) mass is 319 g/mol. The van der Waals surface area contributed by atoms with Crippen LogP contribution in [0.15, 0.2) is 6.07 Å². The van der Waals surface area contributed by atoms with E-state index in [1.54, 1.807) is 19.9 Å². The Labute approximate surface area is 122 Å². The van der Waals surface area contributed by atoms with Crippen LogP contribution in [0.4, 0.5) is 5.00 Å². The second-order valence-electron chi connectivity index (χ2n) is 4.25. The first-order valence-corrected chi connectivity index (χ1v) is 8.85. The molecule has 0 radical (unpaired) electrons. The third kappa shape index (κ3) is 5.30. The summed E-state index contributed by atoms with van der Waals surface area (Å²) in [6, 6.07) is 1.63. The Hall–Kier alpha value is -1.41. The lowest BCUT2D eigenvalue weighted by Crippen LogP contribution is -2.17. The number of sulfone groups is 1. The van der Waals surface area contributed by atoms with Crippen molar-refractivity contribution in [2.45, 2.75) is 20.3 Å². The maximum absolute atomic E-state index is 11.7. The van der Waals surface area contributed by atoms with Crippen LogP contribution in [0.25, 0.3) is 0 Å². The molecule has 0 atom stereocenters. The molecule has 0 aromatic carbocycles. The van der Waals surface area contributed by atoms with E-state index in [4.69, 9.17) is 4.74 Å². The fraction of sp³-hybridized carbons (Fsp3) is 0.500. The molecule has 0 unspecified atom stereocenters. The molecular weight excluding hydrogens is 302 g/mol. The number of thiophene rings is 1. The molecule has 8 heteroatoms. The molecule has 1 aromatic heterocycles. The lowest BCUT2D eigenvalue weighted by molar-refractivity contribution is -0.115. The predicted molar refractivity (Wildman–Crippen MR) is 78.0 cm³/mol. The lowest BCUT2D eigenvalue weighted by atomic mass is 10.3. The minimum Gasteiger partial charge on any atom is -0.462 e. The fourth-order valence-electron chi connectivity index (χ4n) is 1.43. The number of rotatable bonds is 6. The third-order valence-electron chi connectivity index (χ3n) is 2.30. The predicted octanol–water partition coefficient (Wildman–Crippen LogP) is 1.61. The first kappa shape index (κ1) is 16.6. The molecule has 112 valence electrons. The van der Waals surface area contributed by atoms with Gasteiger partial charge >= 0.3 is 5.97 Å². The number of nitrogens with one attached hydrogen (secondary N) is 1. The van der Waals surface area contributed by atoms with Crippen molar-refractivity contribution in [2.75, 3.05) is 23.9 Å². The maximum Gasteiger partial charge on any atom is 0.341 e. The van der Waals surface area contributed by atoms with Crippen LogP contribution in [-0.2, 0) is 19.4 Å². The molecule has 0 aliphatic rings. The smallest absolute Gasteiger partial charge is 0.341 e. The molecular formula is C12H17NO5S2. The molecule has 0 saturated carbocycles. The highest BCUT2D eigenvalue weighted by molar-refractivity contribution is 7.90. The molecule has 0 bridgehead atoms. The van der Waals surface area contributed by atoms with Gasteiger partial charge in [0.25, 0.3) is 0 Å². The van der Waals surface area contributed by atoms with E-state index in [9.17, 15) is 18.0 Å². The molecule has 6 nitrogen and oxygen atoms in total. The van der Waals surface area contributed by atoms with Gasteiger partial charge in [-0.1, -0.05) is 0 Å². The molecule has 0 aliphatic carbocycles. The zero-order valence-corrected chi connectivity index (χ0v) is 13.2. The Balaban J connectivity index is 2.77. The van der Waals surface area contributed by atoms with Crippen molar-refractivity contribution in [3.63, 3.8) is 0 Å². The Bertz CT molecular complexity index is 603. The van der Waals surface area contributed by atoms with E-state index in [1.165, 1.54) is 11.3 Å². The van der Waals surface area contributed by atoms with E-state index in [2.05, 4.69) is 5.32 Å². The van der Waals surface area contributed by atoms with Crippen molar-refractivity contribution in [2.24, 2.45) is 0 Å². The van der Waals surface area contributed by atoms with Crippen molar-refractivity contribution < 1.29 is 22.7 Å². The Morgan fingerprint density at radius 3 is 2.60 bits per heavy atom. The average Bonchev–Trinajstić information content (AvgIpc) is 2.67. The molecule has 1 N–H and O–H groups in total. The number of carbonyl (C=O) groups is 2. The minimum absolute atomic E-state index is 0.141. The van der Waals surface area contributed by atoms with Crippen LogP contribution in [0, 0.1) is 6.92 Å².